The van der Waals surface area contributed by atoms with E-state index < -0.39 is 28.9 Å². The van der Waals surface area contributed by atoms with E-state index >= 15 is 0 Å². The third kappa shape index (κ3) is 3.10. The van der Waals surface area contributed by atoms with Gasteiger partial charge in [0.15, 0.2) is 17.5 Å². The minimum atomic E-state index is -1.66. The summed E-state index contributed by atoms with van der Waals surface area (Å²) >= 11 is 5.91. The maximum Gasteiger partial charge on any atom is 0.254 e. The Morgan fingerprint density at radius 1 is 1.12 bits per heavy atom. The summed E-state index contributed by atoms with van der Waals surface area (Å²) in [4.78, 5) is 15.0. The van der Waals surface area contributed by atoms with Crippen LogP contribution in [0.15, 0.2) is 36.5 Å². The first kappa shape index (κ1) is 16.4. The Morgan fingerprint density at radius 3 is 2.71 bits per heavy atom. The minimum Gasteiger partial charge on any atom is -0.361 e. The number of carbonyl (C=O) groups is 1. The first-order valence-corrected chi connectivity index (χ1v) is 7.52. The van der Waals surface area contributed by atoms with E-state index in [0.717, 1.165) is 28.6 Å². The summed E-state index contributed by atoms with van der Waals surface area (Å²) in [5.41, 5.74) is 1.29. The van der Waals surface area contributed by atoms with Crippen molar-refractivity contribution in [3.8, 4) is 0 Å². The number of aromatic amines is 1. The summed E-state index contributed by atoms with van der Waals surface area (Å²) in [6, 6.07) is 7.04. The van der Waals surface area contributed by atoms with Crippen molar-refractivity contribution >= 4 is 28.4 Å². The lowest BCUT2D eigenvalue weighted by atomic mass is 10.1. The number of amides is 1. The average molecular weight is 353 g/mol. The lowest BCUT2D eigenvalue weighted by Gasteiger charge is -2.07. The van der Waals surface area contributed by atoms with Gasteiger partial charge in [-0.1, -0.05) is 17.7 Å². The Hall–Kier alpha value is -2.47. The molecular formula is C17H12ClF3N2O. The number of aromatic nitrogens is 1. The van der Waals surface area contributed by atoms with Gasteiger partial charge in [-0.3, -0.25) is 4.79 Å². The van der Waals surface area contributed by atoms with E-state index in [2.05, 4.69) is 10.3 Å². The Balaban J connectivity index is 1.68. The van der Waals surface area contributed by atoms with Gasteiger partial charge in [0, 0.05) is 28.7 Å². The normalized spacial score (nSPS) is 11.0. The zero-order valence-corrected chi connectivity index (χ0v) is 13.1. The fraction of sp³-hybridized carbons (Fsp3) is 0.118. The standard InChI is InChI=1S/C17H12ClF3N2O/c18-10-1-2-11-9(8-23-14(11)7-10)5-6-22-17(24)12-3-4-13(19)16(21)15(12)20/h1-4,7-8,23H,5-6H2,(H,22,24). The molecule has 24 heavy (non-hydrogen) atoms. The fourth-order valence-corrected chi connectivity index (χ4v) is 2.64. The van der Waals surface area contributed by atoms with Gasteiger partial charge in [-0.25, -0.2) is 13.2 Å². The molecule has 0 aliphatic carbocycles. The number of hydrogen-bond acceptors (Lipinski definition) is 1. The zero-order chi connectivity index (χ0) is 17.3. The van der Waals surface area contributed by atoms with Gasteiger partial charge in [-0.05, 0) is 36.2 Å². The number of fused-ring (bicyclic) bond motifs is 1. The van der Waals surface area contributed by atoms with Crippen molar-refractivity contribution in [2.45, 2.75) is 6.42 Å². The molecule has 0 bridgehead atoms. The molecule has 0 radical (unpaired) electrons. The van der Waals surface area contributed by atoms with Gasteiger partial charge in [0.25, 0.3) is 5.91 Å². The first-order chi connectivity index (χ1) is 11.5. The third-order valence-corrected chi connectivity index (χ3v) is 3.92. The van der Waals surface area contributed by atoms with Crippen LogP contribution in [0.25, 0.3) is 10.9 Å². The molecule has 7 heteroatoms. The van der Waals surface area contributed by atoms with Crippen LogP contribution in [0.4, 0.5) is 13.2 Å². The Kier molecular flexibility index (Phi) is 4.49. The number of carbonyl (C=O) groups excluding carboxylic acids is 1. The van der Waals surface area contributed by atoms with Crippen LogP contribution in [-0.4, -0.2) is 17.4 Å². The topological polar surface area (TPSA) is 44.9 Å². The Morgan fingerprint density at radius 2 is 1.92 bits per heavy atom. The van der Waals surface area contributed by atoms with E-state index in [9.17, 15) is 18.0 Å². The minimum absolute atomic E-state index is 0.215. The van der Waals surface area contributed by atoms with E-state index in [0.29, 0.717) is 11.4 Å². The van der Waals surface area contributed by atoms with Crippen LogP contribution in [0.1, 0.15) is 15.9 Å². The van der Waals surface area contributed by atoms with E-state index in [-0.39, 0.29) is 6.54 Å². The molecule has 2 aromatic carbocycles. The van der Waals surface area contributed by atoms with Crippen LogP contribution in [0.2, 0.25) is 5.02 Å². The smallest absolute Gasteiger partial charge is 0.254 e. The maximum atomic E-state index is 13.6. The number of H-pyrrole nitrogens is 1. The number of halogens is 4. The monoisotopic (exact) mass is 352 g/mol. The molecule has 3 aromatic rings. The highest BCUT2D eigenvalue weighted by atomic mass is 35.5. The summed E-state index contributed by atoms with van der Waals surface area (Å²) in [5, 5.41) is 4.07. The van der Waals surface area contributed by atoms with Crippen molar-refractivity contribution in [3.05, 3.63) is 70.1 Å². The molecular weight excluding hydrogens is 341 g/mol. The Labute approximate surface area is 140 Å². The van der Waals surface area contributed by atoms with Crippen LogP contribution in [0.3, 0.4) is 0 Å². The van der Waals surface area contributed by atoms with Gasteiger partial charge in [-0.15, -0.1) is 0 Å². The van der Waals surface area contributed by atoms with E-state index in [1.807, 2.05) is 6.07 Å². The molecule has 0 spiro atoms. The largest absolute Gasteiger partial charge is 0.361 e. The molecule has 124 valence electrons. The molecule has 1 heterocycles. The summed E-state index contributed by atoms with van der Waals surface area (Å²) < 4.78 is 39.6. The lowest BCUT2D eigenvalue weighted by Crippen LogP contribution is -2.27. The predicted molar refractivity (Wildman–Crippen MR) is 85.7 cm³/mol. The number of rotatable bonds is 4. The molecule has 0 saturated heterocycles. The highest BCUT2D eigenvalue weighted by molar-refractivity contribution is 6.31. The second-order valence-corrected chi connectivity index (χ2v) is 5.67. The van der Waals surface area contributed by atoms with E-state index in [1.165, 1.54) is 0 Å². The fourth-order valence-electron chi connectivity index (χ4n) is 2.47. The van der Waals surface area contributed by atoms with Crippen LogP contribution < -0.4 is 5.32 Å². The van der Waals surface area contributed by atoms with Crippen molar-refractivity contribution in [2.24, 2.45) is 0 Å². The van der Waals surface area contributed by atoms with Crippen molar-refractivity contribution < 1.29 is 18.0 Å². The molecule has 0 aliphatic rings. The predicted octanol–water partition coefficient (Wildman–Crippen LogP) is 4.21. The summed E-state index contributed by atoms with van der Waals surface area (Å²) in [7, 11) is 0. The van der Waals surface area contributed by atoms with Gasteiger partial charge in [0.05, 0.1) is 5.56 Å². The van der Waals surface area contributed by atoms with Gasteiger partial charge < -0.3 is 10.3 Å². The first-order valence-electron chi connectivity index (χ1n) is 7.14. The molecule has 1 amide bonds. The van der Waals surface area contributed by atoms with Gasteiger partial charge in [0.1, 0.15) is 0 Å². The SMILES string of the molecule is O=C(NCCc1c[nH]c2cc(Cl)ccc12)c1ccc(F)c(F)c1F. The highest BCUT2D eigenvalue weighted by Gasteiger charge is 2.18. The molecule has 3 rings (SSSR count). The molecule has 2 N–H and O–H groups in total. The quantitative estimate of drug-likeness (QED) is 0.679. The van der Waals surface area contributed by atoms with Gasteiger partial charge in [0.2, 0.25) is 0 Å². The summed E-state index contributed by atoms with van der Waals surface area (Å²) in [6.07, 6.45) is 2.28. The third-order valence-electron chi connectivity index (χ3n) is 3.69. The zero-order valence-electron chi connectivity index (χ0n) is 12.3. The Bertz CT molecular complexity index is 924. The van der Waals surface area contributed by atoms with Crippen molar-refractivity contribution in [2.75, 3.05) is 6.54 Å². The van der Waals surface area contributed by atoms with Crippen molar-refractivity contribution in [1.82, 2.24) is 10.3 Å². The summed E-state index contributed by atoms with van der Waals surface area (Å²) in [6.45, 7) is 0.215. The van der Waals surface area contributed by atoms with Gasteiger partial charge >= 0.3 is 0 Å². The van der Waals surface area contributed by atoms with Gasteiger partial charge in [-0.2, -0.15) is 0 Å². The lowest BCUT2D eigenvalue weighted by molar-refractivity contribution is 0.0949. The molecule has 0 unspecified atom stereocenters. The molecule has 0 aliphatic heterocycles. The average Bonchev–Trinajstić information content (AvgIpc) is 2.95. The van der Waals surface area contributed by atoms with Crippen molar-refractivity contribution in [1.29, 1.82) is 0 Å². The second-order valence-electron chi connectivity index (χ2n) is 5.23. The maximum absolute atomic E-state index is 13.6. The number of hydrogen-bond donors (Lipinski definition) is 2. The van der Waals surface area contributed by atoms with Crippen LogP contribution in [0, 0.1) is 17.5 Å². The van der Waals surface area contributed by atoms with Crippen LogP contribution >= 0.6 is 11.6 Å². The number of nitrogens with one attached hydrogen (secondary N) is 2. The van der Waals surface area contributed by atoms with E-state index in [1.54, 1.807) is 18.3 Å². The molecule has 1 aromatic heterocycles. The summed E-state index contributed by atoms with van der Waals surface area (Å²) in [5.74, 6) is -5.28. The molecule has 0 atom stereocenters. The molecule has 3 nitrogen and oxygen atoms in total. The second kappa shape index (κ2) is 6.57. The number of benzene rings is 2. The van der Waals surface area contributed by atoms with Crippen molar-refractivity contribution in [3.63, 3.8) is 0 Å². The van der Waals surface area contributed by atoms with Crippen LogP contribution in [0.5, 0.6) is 0 Å². The molecule has 0 fully saturated rings. The van der Waals surface area contributed by atoms with Crippen LogP contribution in [-0.2, 0) is 6.42 Å². The molecule has 0 saturated carbocycles. The van der Waals surface area contributed by atoms with E-state index in [4.69, 9.17) is 11.6 Å². The highest BCUT2D eigenvalue weighted by Crippen LogP contribution is 2.22.